The molecule has 1 atom stereocenters. The lowest BCUT2D eigenvalue weighted by atomic mass is 10.1. The Morgan fingerprint density at radius 1 is 1.06 bits per heavy atom. The molecule has 2 rings (SSSR count). The minimum atomic E-state index is -2.79. The van der Waals surface area contributed by atoms with Crippen molar-refractivity contribution >= 4 is 43.2 Å². The van der Waals surface area contributed by atoms with Crippen LogP contribution in [0.15, 0.2) is 40.2 Å². The average Bonchev–Trinajstić information content (AvgIpc) is 2.75. The number of alkyl halides is 3. The summed E-state index contributed by atoms with van der Waals surface area (Å²) in [5.74, 6) is 0.167. The van der Waals surface area contributed by atoms with Gasteiger partial charge in [-0.15, -0.1) is 11.3 Å². The molecule has 0 saturated heterocycles. The molecule has 0 fully saturated rings. The van der Waals surface area contributed by atoms with Crippen molar-refractivity contribution in [1.82, 2.24) is 0 Å². The van der Waals surface area contributed by atoms with Crippen LogP contribution in [0.1, 0.15) is 15.3 Å². The van der Waals surface area contributed by atoms with Crippen molar-refractivity contribution in [3.63, 3.8) is 0 Å². The summed E-state index contributed by atoms with van der Waals surface area (Å²) in [6, 6.07) is 10.6. The molecular formula is C12H8Br2F2OS. The number of benzene rings is 1. The molecule has 2 aromatic rings. The molecule has 0 N–H and O–H groups in total. The Labute approximate surface area is 124 Å². The van der Waals surface area contributed by atoms with Crippen LogP contribution < -0.4 is 4.74 Å². The smallest absolute Gasteiger partial charge is 0.387 e. The zero-order valence-corrected chi connectivity index (χ0v) is 12.9. The van der Waals surface area contributed by atoms with E-state index in [-0.39, 0.29) is 10.6 Å². The SMILES string of the molecule is FC(F)Oc1ccc(C(Br)c2ccc(Br)s2)cc1. The molecule has 1 heterocycles. The van der Waals surface area contributed by atoms with Gasteiger partial charge in [0, 0.05) is 4.88 Å². The summed E-state index contributed by atoms with van der Waals surface area (Å²) in [6.07, 6.45) is 0. The first-order valence-corrected chi connectivity index (χ1v) is 7.53. The lowest BCUT2D eigenvalue weighted by molar-refractivity contribution is -0.0498. The molecule has 1 aromatic heterocycles. The average molecular weight is 398 g/mol. The third-order valence-electron chi connectivity index (χ3n) is 2.24. The van der Waals surface area contributed by atoms with E-state index in [0.717, 1.165) is 14.2 Å². The second-order valence-electron chi connectivity index (χ2n) is 3.45. The maximum atomic E-state index is 12.0. The Kier molecular flexibility index (Phi) is 4.75. The van der Waals surface area contributed by atoms with E-state index in [4.69, 9.17) is 0 Å². The van der Waals surface area contributed by atoms with Gasteiger partial charge < -0.3 is 4.74 Å². The summed E-state index contributed by atoms with van der Waals surface area (Å²) in [5, 5.41) is 0. The largest absolute Gasteiger partial charge is 0.435 e. The molecule has 0 aliphatic carbocycles. The normalized spacial score (nSPS) is 12.7. The van der Waals surface area contributed by atoms with Crippen molar-refractivity contribution in [1.29, 1.82) is 0 Å². The van der Waals surface area contributed by atoms with E-state index in [1.165, 1.54) is 0 Å². The highest BCUT2D eigenvalue weighted by atomic mass is 79.9. The van der Waals surface area contributed by atoms with Crippen LogP contribution in [0.3, 0.4) is 0 Å². The Balaban J connectivity index is 2.14. The predicted octanol–water partition coefficient (Wildman–Crippen LogP) is 5.60. The molecule has 18 heavy (non-hydrogen) atoms. The quantitative estimate of drug-likeness (QED) is 0.610. The molecule has 1 nitrogen and oxygen atoms in total. The molecule has 0 aliphatic rings. The second-order valence-corrected chi connectivity index (χ2v) is 6.86. The fourth-order valence-electron chi connectivity index (χ4n) is 1.45. The van der Waals surface area contributed by atoms with Gasteiger partial charge in [0.2, 0.25) is 0 Å². The third-order valence-corrected chi connectivity index (χ3v) is 5.26. The van der Waals surface area contributed by atoms with E-state index < -0.39 is 6.61 Å². The van der Waals surface area contributed by atoms with Crippen LogP contribution in [0.4, 0.5) is 8.78 Å². The van der Waals surface area contributed by atoms with Crippen LogP contribution >= 0.6 is 43.2 Å². The molecule has 96 valence electrons. The molecule has 0 aliphatic heterocycles. The lowest BCUT2D eigenvalue weighted by Gasteiger charge is -2.09. The minimum Gasteiger partial charge on any atom is -0.435 e. The van der Waals surface area contributed by atoms with Gasteiger partial charge in [0.1, 0.15) is 5.75 Å². The molecule has 1 unspecified atom stereocenters. The minimum absolute atomic E-state index is 0.0504. The van der Waals surface area contributed by atoms with Gasteiger partial charge in [0.25, 0.3) is 0 Å². The third kappa shape index (κ3) is 3.52. The van der Waals surface area contributed by atoms with Crippen LogP contribution in [0.2, 0.25) is 0 Å². The van der Waals surface area contributed by atoms with Gasteiger partial charge in [0.05, 0.1) is 8.61 Å². The fourth-order valence-corrected chi connectivity index (χ4v) is 3.61. The van der Waals surface area contributed by atoms with Gasteiger partial charge in [-0.1, -0.05) is 28.1 Å². The zero-order chi connectivity index (χ0) is 13.1. The van der Waals surface area contributed by atoms with Crippen LogP contribution in [0, 0.1) is 0 Å². The highest BCUT2D eigenvalue weighted by Crippen LogP contribution is 2.37. The van der Waals surface area contributed by atoms with Crippen LogP contribution in [-0.4, -0.2) is 6.61 Å². The van der Waals surface area contributed by atoms with Crippen molar-refractivity contribution < 1.29 is 13.5 Å². The standard InChI is InChI=1S/C12H8Br2F2OS/c13-10-6-5-9(18-10)11(14)7-1-3-8(4-2-7)17-12(15)16/h1-6,11-12H. The molecule has 6 heteroatoms. The summed E-state index contributed by atoms with van der Waals surface area (Å²) in [7, 11) is 0. The molecular weight excluding hydrogens is 390 g/mol. The summed E-state index contributed by atoms with van der Waals surface area (Å²) >= 11 is 8.61. The van der Waals surface area contributed by atoms with Crippen LogP contribution in [0.25, 0.3) is 0 Å². The molecule has 0 radical (unpaired) electrons. The van der Waals surface area contributed by atoms with Crippen LogP contribution in [-0.2, 0) is 0 Å². The number of ether oxygens (including phenoxy) is 1. The topological polar surface area (TPSA) is 9.23 Å². The zero-order valence-electron chi connectivity index (χ0n) is 8.95. The van der Waals surface area contributed by atoms with Crippen molar-refractivity contribution in [3.05, 3.63) is 50.6 Å². The number of hydrogen-bond donors (Lipinski definition) is 0. The maximum Gasteiger partial charge on any atom is 0.387 e. The number of thiophene rings is 1. The van der Waals surface area contributed by atoms with Gasteiger partial charge in [-0.2, -0.15) is 8.78 Å². The van der Waals surface area contributed by atoms with Gasteiger partial charge in [-0.3, -0.25) is 0 Å². The predicted molar refractivity (Wildman–Crippen MR) is 75.9 cm³/mol. The van der Waals surface area contributed by atoms with E-state index in [0.29, 0.717) is 0 Å². The Bertz CT molecular complexity index is 513. The number of rotatable bonds is 4. The summed E-state index contributed by atoms with van der Waals surface area (Å²) in [6.45, 7) is -2.79. The summed E-state index contributed by atoms with van der Waals surface area (Å²) in [5.41, 5.74) is 0.992. The van der Waals surface area contributed by atoms with E-state index >= 15 is 0 Å². The Hall–Kier alpha value is -0.460. The lowest BCUT2D eigenvalue weighted by Crippen LogP contribution is -2.01. The molecule has 1 aromatic carbocycles. The molecule has 0 bridgehead atoms. The van der Waals surface area contributed by atoms with Gasteiger partial charge >= 0.3 is 6.61 Å². The van der Waals surface area contributed by atoms with Crippen molar-refractivity contribution in [3.8, 4) is 5.75 Å². The fraction of sp³-hybridized carbons (Fsp3) is 0.167. The highest BCUT2D eigenvalue weighted by Gasteiger charge is 2.13. The monoisotopic (exact) mass is 396 g/mol. The molecule has 0 spiro atoms. The van der Waals surface area contributed by atoms with Crippen molar-refractivity contribution in [2.45, 2.75) is 11.4 Å². The molecule has 0 amide bonds. The highest BCUT2D eigenvalue weighted by molar-refractivity contribution is 9.11. The van der Waals surface area contributed by atoms with E-state index in [1.807, 2.05) is 12.1 Å². The van der Waals surface area contributed by atoms with Crippen molar-refractivity contribution in [2.75, 3.05) is 0 Å². The van der Waals surface area contributed by atoms with Crippen LogP contribution in [0.5, 0.6) is 5.75 Å². The first kappa shape index (κ1) is 14.0. The van der Waals surface area contributed by atoms with Gasteiger partial charge in [-0.05, 0) is 45.8 Å². The maximum absolute atomic E-state index is 12.0. The van der Waals surface area contributed by atoms with Crippen molar-refractivity contribution in [2.24, 2.45) is 0 Å². The Morgan fingerprint density at radius 2 is 1.72 bits per heavy atom. The first-order valence-electron chi connectivity index (χ1n) is 5.00. The molecule has 0 saturated carbocycles. The second kappa shape index (κ2) is 6.12. The van der Waals surface area contributed by atoms with Gasteiger partial charge in [0.15, 0.2) is 0 Å². The summed E-state index contributed by atoms with van der Waals surface area (Å²) in [4.78, 5) is 1.19. The van der Waals surface area contributed by atoms with E-state index in [9.17, 15) is 8.78 Å². The number of halogens is 4. The van der Waals surface area contributed by atoms with E-state index in [1.54, 1.807) is 35.6 Å². The number of hydrogen-bond acceptors (Lipinski definition) is 2. The summed E-state index contributed by atoms with van der Waals surface area (Å²) < 4.78 is 29.4. The van der Waals surface area contributed by atoms with Gasteiger partial charge in [-0.25, -0.2) is 0 Å². The Morgan fingerprint density at radius 3 is 2.22 bits per heavy atom. The van der Waals surface area contributed by atoms with E-state index in [2.05, 4.69) is 36.6 Å². The first-order chi connectivity index (χ1) is 8.56.